The molecule has 0 bridgehead atoms. The van der Waals surface area contributed by atoms with Crippen molar-refractivity contribution in [2.75, 3.05) is 0 Å². The SMILES string of the molecule is Cc1nn(C)c(Cl)c1COc1cccc(Cl)c1C=O. The minimum absolute atomic E-state index is 0.236. The molecule has 0 N–H and O–H groups in total. The molecule has 0 amide bonds. The normalized spacial score (nSPS) is 10.5. The van der Waals surface area contributed by atoms with Gasteiger partial charge in [-0.05, 0) is 19.1 Å². The number of carbonyl (C=O) groups is 1. The lowest BCUT2D eigenvalue weighted by Gasteiger charge is -2.09. The first-order chi connectivity index (χ1) is 9.04. The second kappa shape index (κ2) is 5.63. The van der Waals surface area contributed by atoms with Crippen molar-refractivity contribution in [3.05, 3.63) is 45.2 Å². The van der Waals surface area contributed by atoms with Gasteiger partial charge in [0.05, 0.1) is 16.3 Å². The maximum Gasteiger partial charge on any atom is 0.155 e. The van der Waals surface area contributed by atoms with Crippen molar-refractivity contribution in [1.29, 1.82) is 0 Å². The maximum atomic E-state index is 11.0. The summed E-state index contributed by atoms with van der Waals surface area (Å²) >= 11 is 12.0. The quantitative estimate of drug-likeness (QED) is 0.812. The Morgan fingerprint density at radius 3 is 2.74 bits per heavy atom. The van der Waals surface area contributed by atoms with E-state index in [1.165, 1.54) is 0 Å². The van der Waals surface area contributed by atoms with Crippen LogP contribution in [0.15, 0.2) is 18.2 Å². The molecule has 0 saturated carbocycles. The van der Waals surface area contributed by atoms with E-state index in [0.717, 1.165) is 11.3 Å². The fraction of sp³-hybridized carbons (Fsp3) is 0.231. The molecule has 100 valence electrons. The summed E-state index contributed by atoms with van der Waals surface area (Å²) in [6.07, 6.45) is 0.676. The topological polar surface area (TPSA) is 44.1 Å². The molecule has 1 aromatic carbocycles. The number of ether oxygens (including phenoxy) is 1. The van der Waals surface area contributed by atoms with Gasteiger partial charge >= 0.3 is 0 Å². The molecule has 1 heterocycles. The highest BCUT2D eigenvalue weighted by atomic mass is 35.5. The third-order valence-electron chi connectivity index (χ3n) is 2.77. The minimum atomic E-state index is 0.236. The average molecular weight is 299 g/mol. The number of aryl methyl sites for hydroxylation is 2. The number of hydrogen-bond acceptors (Lipinski definition) is 3. The zero-order chi connectivity index (χ0) is 14.0. The van der Waals surface area contributed by atoms with Crippen molar-refractivity contribution in [2.45, 2.75) is 13.5 Å². The molecule has 4 nitrogen and oxygen atoms in total. The van der Waals surface area contributed by atoms with Crippen molar-refractivity contribution < 1.29 is 9.53 Å². The molecule has 0 unspecified atom stereocenters. The molecule has 0 aliphatic heterocycles. The molecule has 19 heavy (non-hydrogen) atoms. The molecule has 2 rings (SSSR count). The Kier molecular flexibility index (Phi) is 4.12. The molecule has 0 atom stereocenters. The van der Waals surface area contributed by atoms with Crippen LogP contribution in [0.25, 0.3) is 0 Å². The highest BCUT2D eigenvalue weighted by molar-refractivity contribution is 6.33. The van der Waals surface area contributed by atoms with E-state index >= 15 is 0 Å². The van der Waals surface area contributed by atoms with Gasteiger partial charge in [0.1, 0.15) is 17.5 Å². The monoisotopic (exact) mass is 298 g/mol. The molecule has 0 spiro atoms. The molecule has 0 fully saturated rings. The van der Waals surface area contributed by atoms with Crippen LogP contribution in [-0.2, 0) is 13.7 Å². The van der Waals surface area contributed by atoms with Crippen LogP contribution in [0.3, 0.4) is 0 Å². The Hall–Kier alpha value is -1.52. The standard InChI is InChI=1S/C13H12Cl2N2O2/c1-8-10(13(15)17(2)16-8)7-19-12-5-3-4-11(14)9(12)6-18/h3-6H,7H2,1-2H3. The third-order valence-corrected chi connectivity index (χ3v) is 3.57. The number of benzene rings is 1. The van der Waals surface area contributed by atoms with Gasteiger partial charge in [-0.25, -0.2) is 0 Å². The van der Waals surface area contributed by atoms with Crippen LogP contribution in [0, 0.1) is 6.92 Å². The Morgan fingerprint density at radius 1 is 1.42 bits per heavy atom. The largest absolute Gasteiger partial charge is 0.488 e. The average Bonchev–Trinajstić information content (AvgIpc) is 2.61. The van der Waals surface area contributed by atoms with Gasteiger partial charge in [-0.3, -0.25) is 9.48 Å². The smallest absolute Gasteiger partial charge is 0.155 e. The summed E-state index contributed by atoms with van der Waals surface area (Å²) in [4.78, 5) is 11.0. The van der Waals surface area contributed by atoms with Gasteiger partial charge in [-0.15, -0.1) is 0 Å². The van der Waals surface area contributed by atoms with E-state index in [2.05, 4.69) is 5.10 Å². The van der Waals surface area contributed by atoms with E-state index in [9.17, 15) is 4.79 Å². The Balaban J connectivity index is 2.24. The first-order valence-electron chi connectivity index (χ1n) is 5.59. The van der Waals surface area contributed by atoms with Crippen LogP contribution in [0.2, 0.25) is 10.2 Å². The number of halogens is 2. The van der Waals surface area contributed by atoms with Crippen LogP contribution in [-0.4, -0.2) is 16.1 Å². The number of aromatic nitrogens is 2. The molecule has 0 aliphatic rings. The third kappa shape index (κ3) is 2.74. The van der Waals surface area contributed by atoms with Gasteiger partial charge in [0.15, 0.2) is 6.29 Å². The summed E-state index contributed by atoms with van der Waals surface area (Å²) in [7, 11) is 1.76. The highest BCUT2D eigenvalue weighted by Gasteiger charge is 2.13. The first kappa shape index (κ1) is 13.9. The van der Waals surface area contributed by atoms with E-state index < -0.39 is 0 Å². The van der Waals surface area contributed by atoms with Crippen molar-refractivity contribution in [2.24, 2.45) is 7.05 Å². The van der Waals surface area contributed by atoms with Gasteiger partial charge in [-0.1, -0.05) is 29.3 Å². The molecule has 2 aromatic rings. The molecule has 0 radical (unpaired) electrons. The van der Waals surface area contributed by atoms with E-state index in [1.807, 2.05) is 6.92 Å². The second-order valence-corrected chi connectivity index (χ2v) is 4.80. The summed E-state index contributed by atoms with van der Waals surface area (Å²) in [6, 6.07) is 5.05. The summed E-state index contributed by atoms with van der Waals surface area (Å²) in [5.41, 5.74) is 1.92. The number of rotatable bonds is 4. The predicted molar refractivity (Wildman–Crippen MR) is 74.1 cm³/mol. The van der Waals surface area contributed by atoms with Crippen LogP contribution in [0.1, 0.15) is 21.6 Å². The number of nitrogens with zero attached hydrogens (tertiary/aromatic N) is 2. The van der Waals surface area contributed by atoms with Crippen molar-refractivity contribution in [3.63, 3.8) is 0 Å². The first-order valence-corrected chi connectivity index (χ1v) is 6.34. The van der Waals surface area contributed by atoms with Crippen LogP contribution in [0.5, 0.6) is 5.75 Å². The van der Waals surface area contributed by atoms with E-state index in [4.69, 9.17) is 27.9 Å². The van der Waals surface area contributed by atoms with Crippen LogP contribution >= 0.6 is 23.2 Å². The van der Waals surface area contributed by atoms with Gasteiger partial charge in [-0.2, -0.15) is 5.10 Å². The number of aldehydes is 1. The van der Waals surface area contributed by atoms with Crippen molar-refractivity contribution >= 4 is 29.5 Å². The van der Waals surface area contributed by atoms with E-state index in [1.54, 1.807) is 29.9 Å². The van der Waals surface area contributed by atoms with Gasteiger partial charge < -0.3 is 4.74 Å². The summed E-state index contributed by atoms with van der Waals surface area (Å²) in [6.45, 7) is 2.09. The Labute approximate surface area is 120 Å². The zero-order valence-corrected chi connectivity index (χ0v) is 12.0. The predicted octanol–water partition coefficient (Wildman–Crippen LogP) is 3.43. The van der Waals surface area contributed by atoms with Gasteiger partial charge in [0.25, 0.3) is 0 Å². The lowest BCUT2D eigenvalue weighted by Crippen LogP contribution is -2.00. The van der Waals surface area contributed by atoms with Gasteiger partial charge in [0.2, 0.25) is 0 Å². The van der Waals surface area contributed by atoms with Crippen molar-refractivity contribution in [1.82, 2.24) is 9.78 Å². The fourth-order valence-corrected chi connectivity index (χ4v) is 2.18. The summed E-state index contributed by atoms with van der Waals surface area (Å²) < 4.78 is 7.19. The molecule has 0 saturated heterocycles. The number of hydrogen-bond donors (Lipinski definition) is 0. The Morgan fingerprint density at radius 2 is 2.16 bits per heavy atom. The molecular weight excluding hydrogens is 287 g/mol. The minimum Gasteiger partial charge on any atom is -0.488 e. The van der Waals surface area contributed by atoms with Crippen molar-refractivity contribution in [3.8, 4) is 5.75 Å². The zero-order valence-electron chi connectivity index (χ0n) is 10.5. The van der Waals surface area contributed by atoms with E-state index in [0.29, 0.717) is 27.8 Å². The summed E-state index contributed by atoms with van der Waals surface area (Å²) in [5.74, 6) is 0.432. The van der Waals surface area contributed by atoms with Crippen LogP contribution < -0.4 is 4.74 Å². The van der Waals surface area contributed by atoms with Gasteiger partial charge in [0, 0.05) is 12.6 Å². The molecular formula is C13H12Cl2N2O2. The lowest BCUT2D eigenvalue weighted by atomic mass is 10.2. The second-order valence-electron chi connectivity index (χ2n) is 4.04. The summed E-state index contributed by atoms with van der Waals surface area (Å²) in [5, 5.41) is 5.08. The lowest BCUT2D eigenvalue weighted by molar-refractivity contribution is 0.111. The molecule has 0 aliphatic carbocycles. The Bertz CT molecular complexity index is 623. The maximum absolute atomic E-state index is 11.0. The van der Waals surface area contributed by atoms with Crippen LogP contribution in [0.4, 0.5) is 0 Å². The molecule has 1 aromatic heterocycles. The highest BCUT2D eigenvalue weighted by Crippen LogP contribution is 2.27. The van der Waals surface area contributed by atoms with E-state index in [-0.39, 0.29) is 6.61 Å². The molecule has 6 heteroatoms. The number of carbonyl (C=O) groups excluding carboxylic acids is 1. The fourth-order valence-electron chi connectivity index (χ4n) is 1.75.